The molecule has 0 radical (unpaired) electrons. The van der Waals surface area contributed by atoms with Gasteiger partial charge >= 0.3 is 0 Å². The van der Waals surface area contributed by atoms with Gasteiger partial charge in [-0.1, -0.05) is 5.16 Å². The summed E-state index contributed by atoms with van der Waals surface area (Å²) in [6.07, 6.45) is 0. The molecule has 0 saturated carbocycles. The summed E-state index contributed by atoms with van der Waals surface area (Å²) in [6.45, 7) is 5.06. The van der Waals surface area contributed by atoms with Crippen molar-refractivity contribution in [3.63, 3.8) is 0 Å². The first-order valence-corrected chi connectivity index (χ1v) is 7.76. The largest absolute Gasteiger partial charge is 0.336 e. The molecular weight excluding hydrogens is 320 g/mol. The van der Waals surface area contributed by atoms with E-state index in [-0.39, 0.29) is 11.8 Å². The zero-order valence-corrected chi connectivity index (χ0v) is 14.5. The number of amides is 2. The van der Waals surface area contributed by atoms with Gasteiger partial charge in [0.2, 0.25) is 5.91 Å². The molecule has 0 saturated heterocycles. The Labute approximate surface area is 144 Å². The van der Waals surface area contributed by atoms with E-state index in [9.17, 15) is 9.59 Å². The Morgan fingerprint density at radius 3 is 2.48 bits per heavy atom. The van der Waals surface area contributed by atoms with Gasteiger partial charge in [0.15, 0.2) is 0 Å². The number of benzene rings is 1. The Bertz CT molecular complexity index is 960. The summed E-state index contributed by atoms with van der Waals surface area (Å²) in [5, 5.41) is 7.34. The number of carbonyl (C=O) groups excluding carboxylic acids is 2. The van der Waals surface area contributed by atoms with E-state index in [0.29, 0.717) is 33.7 Å². The standard InChI is InChI=1S/C18H18N4O3/c1-10-9-15(16-11(2)21-25-18(16)19-10)17(24)20-13-5-7-14(8-6-13)22(4)12(3)23/h5-9H,1-4H3,(H,20,24). The molecule has 3 aromatic rings. The van der Waals surface area contributed by atoms with Gasteiger partial charge in [-0.3, -0.25) is 9.59 Å². The van der Waals surface area contributed by atoms with Gasteiger partial charge in [-0.05, 0) is 44.2 Å². The first kappa shape index (κ1) is 16.6. The highest BCUT2D eigenvalue weighted by molar-refractivity contribution is 6.12. The van der Waals surface area contributed by atoms with Crippen molar-refractivity contribution in [1.29, 1.82) is 0 Å². The first-order chi connectivity index (χ1) is 11.9. The maximum absolute atomic E-state index is 12.7. The zero-order valence-electron chi connectivity index (χ0n) is 14.5. The van der Waals surface area contributed by atoms with Crippen molar-refractivity contribution in [2.24, 2.45) is 0 Å². The smallest absolute Gasteiger partial charge is 0.258 e. The Balaban J connectivity index is 1.88. The molecule has 7 nitrogen and oxygen atoms in total. The fraction of sp³-hybridized carbons (Fsp3) is 0.222. The number of carbonyl (C=O) groups is 2. The minimum absolute atomic E-state index is 0.0608. The third-order valence-electron chi connectivity index (χ3n) is 3.97. The molecule has 0 fully saturated rings. The van der Waals surface area contributed by atoms with E-state index in [4.69, 9.17) is 4.52 Å². The van der Waals surface area contributed by atoms with Crippen molar-refractivity contribution in [2.75, 3.05) is 17.3 Å². The average Bonchev–Trinajstić information content (AvgIpc) is 2.95. The van der Waals surface area contributed by atoms with Crippen LogP contribution < -0.4 is 10.2 Å². The van der Waals surface area contributed by atoms with Crippen LogP contribution in [0.3, 0.4) is 0 Å². The van der Waals surface area contributed by atoms with Crippen LogP contribution in [-0.4, -0.2) is 29.0 Å². The Morgan fingerprint density at radius 1 is 1.16 bits per heavy atom. The van der Waals surface area contributed by atoms with Gasteiger partial charge in [-0.25, -0.2) is 4.98 Å². The highest BCUT2D eigenvalue weighted by Gasteiger charge is 2.18. The molecule has 0 aliphatic rings. The molecule has 128 valence electrons. The number of hydrogen-bond donors (Lipinski definition) is 1. The third kappa shape index (κ3) is 3.21. The second-order valence-corrected chi connectivity index (χ2v) is 5.84. The van der Waals surface area contributed by atoms with Crippen molar-refractivity contribution in [1.82, 2.24) is 10.1 Å². The summed E-state index contributed by atoms with van der Waals surface area (Å²) >= 11 is 0. The van der Waals surface area contributed by atoms with Crippen molar-refractivity contribution >= 4 is 34.3 Å². The second kappa shape index (κ2) is 6.35. The number of pyridine rings is 1. The molecule has 0 atom stereocenters. The lowest BCUT2D eigenvalue weighted by atomic mass is 10.1. The molecule has 0 bridgehead atoms. The maximum atomic E-state index is 12.7. The molecule has 0 aliphatic carbocycles. The monoisotopic (exact) mass is 338 g/mol. The second-order valence-electron chi connectivity index (χ2n) is 5.84. The molecule has 3 rings (SSSR count). The Kier molecular flexibility index (Phi) is 4.22. The summed E-state index contributed by atoms with van der Waals surface area (Å²) in [4.78, 5) is 29.9. The maximum Gasteiger partial charge on any atom is 0.258 e. The average molecular weight is 338 g/mol. The van der Waals surface area contributed by atoms with Gasteiger partial charge in [0.05, 0.1) is 16.6 Å². The fourth-order valence-corrected chi connectivity index (χ4v) is 2.55. The Hall–Kier alpha value is -3.22. The number of aromatic nitrogens is 2. The van der Waals surface area contributed by atoms with Crippen LogP contribution in [0.4, 0.5) is 11.4 Å². The van der Waals surface area contributed by atoms with Crippen molar-refractivity contribution in [3.8, 4) is 0 Å². The predicted octanol–water partition coefficient (Wildman–Crippen LogP) is 3.07. The van der Waals surface area contributed by atoms with Crippen LogP contribution in [0.2, 0.25) is 0 Å². The molecule has 0 aliphatic heterocycles. The molecule has 1 N–H and O–H groups in total. The topological polar surface area (TPSA) is 88.3 Å². The van der Waals surface area contributed by atoms with Crippen LogP contribution >= 0.6 is 0 Å². The lowest BCUT2D eigenvalue weighted by Crippen LogP contribution is -2.22. The lowest BCUT2D eigenvalue weighted by Gasteiger charge is -2.15. The van der Waals surface area contributed by atoms with Crippen molar-refractivity contribution < 1.29 is 14.1 Å². The number of rotatable bonds is 3. The van der Waals surface area contributed by atoms with E-state index in [1.54, 1.807) is 51.2 Å². The van der Waals surface area contributed by atoms with E-state index in [2.05, 4.69) is 15.5 Å². The van der Waals surface area contributed by atoms with Crippen LogP contribution in [0, 0.1) is 13.8 Å². The highest BCUT2D eigenvalue weighted by Crippen LogP contribution is 2.23. The summed E-state index contributed by atoms with van der Waals surface area (Å²) in [5.41, 5.74) is 3.48. The summed E-state index contributed by atoms with van der Waals surface area (Å²) in [5.74, 6) is -0.330. The van der Waals surface area contributed by atoms with E-state index < -0.39 is 0 Å². The van der Waals surface area contributed by atoms with Crippen molar-refractivity contribution in [2.45, 2.75) is 20.8 Å². The van der Waals surface area contributed by atoms with Crippen LogP contribution in [0.1, 0.15) is 28.7 Å². The van der Waals surface area contributed by atoms with Gasteiger partial charge in [0.1, 0.15) is 0 Å². The van der Waals surface area contributed by atoms with E-state index in [0.717, 1.165) is 5.69 Å². The molecule has 2 heterocycles. The SMILES string of the molecule is CC(=O)N(C)c1ccc(NC(=O)c2cc(C)nc3onc(C)c23)cc1. The minimum Gasteiger partial charge on any atom is -0.336 e. The quantitative estimate of drug-likeness (QED) is 0.793. The van der Waals surface area contributed by atoms with Crippen molar-refractivity contribution in [3.05, 3.63) is 47.3 Å². The van der Waals surface area contributed by atoms with E-state index >= 15 is 0 Å². The minimum atomic E-state index is -0.269. The first-order valence-electron chi connectivity index (χ1n) is 7.76. The van der Waals surface area contributed by atoms with E-state index in [1.807, 2.05) is 0 Å². The molecule has 0 spiro atoms. The summed E-state index contributed by atoms with van der Waals surface area (Å²) < 4.78 is 5.16. The number of nitrogens with zero attached hydrogens (tertiary/aromatic N) is 3. The van der Waals surface area contributed by atoms with Crippen LogP contribution in [0.15, 0.2) is 34.9 Å². The van der Waals surface area contributed by atoms with Gasteiger partial charge in [-0.2, -0.15) is 0 Å². The number of anilines is 2. The van der Waals surface area contributed by atoms with Gasteiger partial charge in [0.25, 0.3) is 11.6 Å². The van der Waals surface area contributed by atoms with E-state index in [1.165, 1.54) is 11.8 Å². The molecular formula is C18H18N4O3. The Morgan fingerprint density at radius 2 is 1.84 bits per heavy atom. The van der Waals surface area contributed by atoms with Crippen LogP contribution in [0.5, 0.6) is 0 Å². The third-order valence-corrected chi connectivity index (χ3v) is 3.97. The van der Waals surface area contributed by atoms with Gasteiger partial charge in [0, 0.05) is 31.0 Å². The molecule has 1 aromatic carbocycles. The predicted molar refractivity (Wildman–Crippen MR) is 94.8 cm³/mol. The summed E-state index contributed by atoms with van der Waals surface area (Å²) in [7, 11) is 1.70. The van der Waals surface area contributed by atoms with Gasteiger partial charge < -0.3 is 14.7 Å². The number of nitrogens with one attached hydrogen (secondary N) is 1. The summed E-state index contributed by atoms with van der Waals surface area (Å²) in [6, 6.07) is 8.75. The number of fused-ring (bicyclic) bond motifs is 1. The molecule has 0 unspecified atom stereocenters. The molecule has 7 heteroatoms. The zero-order chi connectivity index (χ0) is 18.1. The van der Waals surface area contributed by atoms with Gasteiger partial charge in [-0.15, -0.1) is 0 Å². The number of aryl methyl sites for hydroxylation is 2. The normalized spacial score (nSPS) is 10.7. The van der Waals surface area contributed by atoms with Crippen LogP contribution in [0.25, 0.3) is 11.1 Å². The molecule has 2 aromatic heterocycles. The van der Waals surface area contributed by atoms with Crippen LogP contribution in [-0.2, 0) is 4.79 Å². The number of hydrogen-bond acceptors (Lipinski definition) is 5. The lowest BCUT2D eigenvalue weighted by molar-refractivity contribution is -0.116. The molecule has 25 heavy (non-hydrogen) atoms. The highest BCUT2D eigenvalue weighted by atomic mass is 16.5. The molecule has 2 amide bonds. The fourth-order valence-electron chi connectivity index (χ4n) is 2.55.